The molecule has 9 heteroatoms. The summed E-state index contributed by atoms with van der Waals surface area (Å²) >= 11 is 0. The zero-order chi connectivity index (χ0) is 19.3. The molecule has 1 aromatic carbocycles. The van der Waals surface area contributed by atoms with Gasteiger partial charge in [-0.05, 0) is 42.5 Å². The molecule has 1 aliphatic rings. The lowest BCUT2D eigenvalue weighted by atomic mass is 10.2. The third-order valence-corrected chi connectivity index (χ3v) is 4.40. The number of hydrogen-bond donors (Lipinski definition) is 1. The van der Waals surface area contributed by atoms with Gasteiger partial charge in [0.25, 0.3) is 5.91 Å². The number of rotatable bonds is 4. The number of anilines is 3. The molecule has 2 aromatic heterocycles. The van der Waals surface area contributed by atoms with E-state index in [0.29, 0.717) is 43.6 Å². The summed E-state index contributed by atoms with van der Waals surface area (Å²) in [4.78, 5) is 24.9. The topological polar surface area (TPSA) is 87.1 Å². The first kappa shape index (κ1) is 17.8. The SMILES string of the molecule is O=C(c1ccc(Nc2ccc(F)cc2)nn1)N1CCN(c2ncccn2)CC1. The van der Waals surface area contributed by atoms with E-state index in [9.17, 15) is 9.18 Å². The minimum absolute atomic E-state index is 0.158. The molecule has 1 saturated heterocycles. The maximum Gasteiger partial charge on any atom is 0.274 e. The number of halogens is 1. The Bertz CT molecular complexity index is 927. The van der Waals surface area contributed by atoms with Crippen LogP contribution in [-0.4, -0.2) is 57.2 Å². The van der Waals surface area contributed by atoms with Crippen molar-refractivity contribution in [2.45, 2.75) is 0 Å². The summed E-state index contributed by atoms with van der Waals surface area (Å²) < 4.78 is 13.0. The van der Waals surface area contributed by atoms with Gasteiger partial charge in [-0.1, -0.05) is 0 Å². The number of aromatic nitrogens is 4. The highest BCUT2D eigenvalue weighted by molar-refractivity contribution is 5.92. The number of carbonyl (C=O) groups is 1. The number of piperazine rings is 1. The van der Waals surface area contributed by atoms with Crippen molar-refractivity contribution < 1.29 is 9.18 Å². The van der Waals surface area contributed by atoms with Gasteiger partial charge in [0, 0.05) is 44.3 Å². The molecule has 8 nitrogen and oxygen atoms in total. The van der Waals surface area contributed by atoms with Crippen LogP contribution in [0.5, 0.6) is 0 Å². The van der Waals surface area contributed by atoms with E-state index in [2.05, 4.69) is 25.5 Å². The van der Waals surface area contributed by atoms with E-state index in [4.69, 9.17) is 0 Å². The molecule has 3 aromatic rings. The Hall–Kier alpha value is -3.62. The summed E-state index contributed by atoms with van der Waals surface area (Å²) in [6, 6.07) is 11.0. The van der Waals surface area contributed by atoms with Gasteiger partial charge in [0.05, 0.1) is 0 Å². The van der Waals surface area contributed by atoms with Gasteiger partial charge in [-0.15, -0.1) is 10.2 Å². The zero-order valence-electron chi connectivity index (χ0n) is 15.0. The van der Waals surface area contributed by atoms with Gasteiger partial charge in [-0.2, -0.15) is 0 Å². The lowest BCUT2D eigenvalue weighted by molar-refractivity contribution is 0.0739. The Kier molecular flexibility index (Phi) is 5.05. The largest absolute Gasteiger partial charge is 0.339 e. The van der Waals surface area contributed by atoms with Crippen molar-refractivity contribution in [3.8, 4) is 0 Å². The summed E-state index contributed by atoms with van der Waals surface area (Å²) in [7, 11) is 0. The molecule has 0 spiro atoms. The molecular formula is C19H18FN7O. The summed E-state index contributed by atoms with van der Waals surface area (Å²) in [6.07, 6.45) is 3.41. The van der Waals surface area contributed by atoms with Crippen LogP contribution in [0.1, 0.15) is 10.5 Å². The van der Waals surface area contributed by atoms with Crippen LogP contribution < -0.4 is 10.2 Å². The number of carbonyl (C=O) groups excluding carboxylic acids is 1. The monoisotopic (exact) mass is 379 g/mol. The predicted octanol–water partition coefficient (Wildman–Crippen LogP) is 2.11. The Labute approximate surface area is 161 Å². The van der Waals surface area contributed by atoms with Crippen LogP contribution in [0.4, 0.5) is 21.8 Å². The second-order valence-electron chi connectivity index (χ2n) is 6.26. The fraction of sp³-hybridized carbons (Fsp3) is 0.211. The average Bonchev–Trinajstić information content (AvgIpc) is 2.76. The van der Waals surface area contributed by atoms with Crippen LogP contribution in [0.25, 0.3) is 0 Å². The van der Waals surface area contributed by atoms with Crippen LogP contribution in [0, 0.1) is 5.82 Å². The highest BCUT2D eigenvalue weighted by Crippen LogP contribution is 2.15. The number of amides is 1. The third kappa shape index (κ3) is 4.03. The minimum Gasteiger partial charge on any atom is -0.339 e. The van der Waals surface area contributed by atoms with Crippen LogP contribution in [0.2, 0.25) is 0 Å². The molecule has 1 N–H and O–H groups in total. The molecule has 142 valence electrons. The Morgan fingerprint density at radius 2 is 1.64 bits per heavy atom. The van der Waals surface area contributed by atoms with Gasteiger partial charge >= 0.3 is 0 Å². The quantitative estimate of drug-likeness (QED) is 0.743. The summed E-state index contributed by atoms with van der Waals surface area (Å²) in [5.41, 5.74) is 0.975. The third-order valence-electron chi connectivity index (χ3n) is 4.40. The Morgan fingerprint density at radius 1 is 0.929 bits per heavy atom. The van der Waals surface area contributed by atoms with E-state index in [-0.39, 0.29) is 17.4 Å². The Balaban J connectivity index is 1.35. The van der Waals surface area contributed by atoms with Crippen molar-refractivity contribution in [2.24, 2.45) is 0 Å². The fourth-order valence-electron chi connectivity index (χ4n) is 2.92. The van der Waals surface area contributed by atoms with E-state index >= 15 is 0 Å². The van der Waals surface area contributed by atoms with E-state index in [1.807, 2.05) is 4.90 Å². The normalized spacial score (nSPS) is 14.0. The van der Waals surface area contributed by atoms with Gasteiger partial charge in [-0.25, -0.2) is 14.4 Å². The standard InChI is InChI=1S/C19H18FN7O/c20-14-2-4-15(5-3-14)23-17-7-6-16(24-25-17)18(28)26-10-12-27(13-11-26)19-21-8-1-9-22-19/h1-9H,10-13H2,(H,23,25). The first-order valence-corrected chi connectivity index (χ1v) is 8.86. The summed E-state index contributed by atoms with van der Waals surface area (Å²) in [5.74, 6) is 0.686. The second-order valence-corrected chi connectivity index (χ2v) is 6.26. The lowest BCUT2D eigenvalue weighted by Gasteiger charge is -2.34. The van der Waals surface area contributed by atoms with Gasteiger partial charge in [0.2, 0.25) is 5.95 Å². The molecule has 1 amide bonds. The van der Waals surface area contributed by atoms with Crippen molar-refractivity contribution >= 4 is 23.4 Å². The van der Waals surface area contributed by atoms with Gasteiger partial charge in [0.15, 0.2) is 11.5 Å². The molecule has 28 heavy (non-hydrogen) atoms. The minimum atomic E-state index is -0.309. The smallest absolute Gasteiger partial charge is 0.274 e. The van der Waals surface area contributed by atoms with E-state index < -0.39 is 0 Å². The van der Waals surface area contributed by atoms with Crippen molar-refractivity contribution in [2.75, 3.05) is 36.4 Å². The molecular weight excluding hydrogens is 361 g/mol. The van der Waals surface area contributed by atoms with E-state index in [1.165, 1.54) is 12.1 Å². The van der Waals surface area contributed by atoms with Gasteiger partial charge in [-0.3, -0.25) is 4.79 Å². The maximum absolute atomic E-state index is 13.0. The number of hydrogen-bond acceptors (Lipinski definition) is 7. The van der Waals surface area contributed by atoms with Crippen LogP contribution in [0.15, 0.2) is 54.9 Å². The first-order valence-electron chi connectivity index (χ1n) is 8.86. The Morgan fingerprint density at radius 3 is 2.29 bits per heavy atom. The zero-order valence-corrected chi connectivity index (χ0v) is 15.0. The summed E-state index contributed by atoms with van der Waals surface area (Å²) in [6.45, 7) is 2.45. The fourth-order valence-corrected chi connectivity index (χ4v) is 2.92. The molecule has 3 heterocycles. The highest BCUT2D eigenvalue weighted by atomic mass is 19.1. The molecule has 0 unspecified atom stereocenters. The van der Waals surface area contributed by atoms with Crippen molar-refractivity contribution in [3.63, 3.8) is 0 Å². The van der Waals surface area contributed by atoms with Crippen molar-refractivity contribution in [1.29, 1.82) is 0 Å². The van der Waals surface area contributed by atoms with Crippen molar-refractivity contribution in [3.05, 3.63) is 66.4 Å². The average molecular weight is 379 g/mol. The molecule has 1 aliphatic heterocycles. The van der Waals surface area contributed by atoms with Gasteiger partial charge in [0.1, 0.15) is 5.82 Å². The van der Waals surface area contributed by atoms with Crippen LogP contribution in [0.3, 0.4) is 0 Å². The number of nitrogens with zero attached hydrogens (tertiary/aromatic N) is 6. The van der Waals surface area contributed by atoms with Crippen LogP contribution >= 0.6 is 0 Å². The van der Waals surface area contributed by atoms with Crippen molar-refractivity contribution in [1.82, 2.24) is 25.1 Å². The molecule has 0 aliphatic carbocycles. The second kappa shape index (κ2) is 7.95. The number of nitrogens with one attached hydrogen (secondary N) is 1. The molecule has 1 fully saturated rings. The number of benzene rings is 1. The predicted molar refractivity (Wildman–Crippen MR) is 102 cm³/mol. The first-order chi connectivity index (χ1) is 13.7. The van der Waals surface area contributed by atoms with E-state index in [1.54, 1.807) is 47.6 Å². The molecule has 0 saturated carbocycles. The van der Waals surface area contributed by atoms with Crippen LogP contribution in [-0.2, 0) is 0 Å². The molecule has 0 bridgehead atoms. The summed E-state index contributed by atoms with van der Waals surface area (Å²) in [5, 5.41) is 11.1. The highest BCUT2D eigenvalue weighted by Gasteiger charge is 2.24. The maximum atomic E-state index is 13.0. The molecule has 0 atom stereocenters. The molecule has 4 rings (SSSR count). The van der Waals surface area contributed by atoms with E-state index in [0.717, 1.165) is 0 Å². The lowest BCUT2D eigenvalue weighted by Crippen LogP contribution is -2.49. The van der Waals surface area contributed by atoms with Gasteiger partial charge < -0.3 is 15.1 Å². The molecule has 0 radical (unpaired) electrons.